The zero-order valence-corrected chi connectivity index (χ0v) is 15.5. The molecule has 28 heavy (non-hydrogen) atoms. The zero-order valence-electron chi connectivity index (χ0n) is 14.7. The Bertz CT molecular complexity index is 912. The van der Waals surface area contributed by atoms with Gasteiger partial charge in [-0.15, -0.1) is 0 Å². The van der Waals surface area contributed by atoms with Crippen molar-refractivity contribution in [3.05, 3.63) is 53.7 Å². The lowest BCUT2D eigenvalue weighted by Crippen LogP contribution is -2.36. The zero-order chi connectivity index (χ0) is 20.7. The molecule has 6 nitrogen and oxygen atoms in total. The number of hydrogen-bond acceptors (Lipinski definition) is 5. The van der Waals surface area contributed by atoms with Crippen molar-refractivity contribution in [2.24, 2.45) is 0 Å². The molecule has 0 spiro atoms. The van der Waals surface area contributed by atoms with Crippen molar-refractivity contribution in [3.8, 4) is 6.07 Å². The first kappa shape index (κ1) is 21.2. The molecule has 0 fully saturated rings. The summed E-state index contributed by atoms with van der Waals surface area (Å²) in [6, 6.07) is 9.62. The second kappa shape index (κ2) is 9.23. The fraction of sp³-hybridized carbons (Fsp3) is 0.222. The molecular weight excluding hydrogens is 393 g/mol. The summed E-state index contributed by atoms with van der Waals surface area (Å²) in [4.78, 5) is 29.3. The number of aromatic nitrogens is 1. The minimum absolute atomic E-state index is 0.0369. The first-order valence-corrected chi connectivity index (χ1v) is 8.88. The number of thioether (sulfide) groups is 1. The van der Waals surface area contributed by atoms with E-state index in [1.54, 1.807) is 0 Å². The maximum atomic E-state index is 13.0. The lowest BCUT2D eigenvalue weighted by Gasteiger charge is -2.18. The summed E-state index contributed by atoms with van der Waals surface area (Å²) in [5.41, 5.74) is -0.926. The quantitative estimate of drug-likeness (QED) is 0.742. The average Bonchev–Trinajstić information content (AvgIpc) is 2.65. The van der Waals surface area contributed by atoms with Crippen LogP contribution in [0.2, 0.25) is 0 Å². The third kappa shape index (κ3) is 5.99. The first-order valence-electron chi connectivity index (χ1n) is 7.89. The number of carbonyl (C=O) groups excluding carboxylic acids is 2. The number of para-hydroxylation sites is 1. The van der Waals surface area contributed by atoms with Crippen LogP contribution in [0, 0.1) is 11.3 Å². The standard InChI is InChI=1S/C18H15F3N4O2S/c1-25(17(27)11-28-16-8-12(9-22)6-7-23-16)10-15(26)24-14-5-3-2-4-13(14)18(19,20)21/h2-8H,10-11H2,1H3,(H,24,26). The summed E-state index contributed by atoms with van der Waals surface area (Å²) >= 11 is 1.09. The van der Waals surface area contributed by atoms with Crippen LogP contribution in [0.4, 0.5) is 18.9 Å². The molecule has 0 aliphatic rings. The van der Waals surface area contributed by atoms with Gasteiger partial charge in [0.1, 0.15) is 0 Å². The lowest BCUT2D eigenvalue weighted by atomic mass is 10.1. The van der Waals surface area contributed by atoms with Crippen molar-refractivity contribution in [3.63, 3.8) is 0 Å². The van der Waals surface area contributed by atoms with Crippen LogP contribution in [-0.2, 0) is 15.8 Å². The molecule has 0 saturated carbocycles. The summed E-state index contributed by atoms with van der Waals surface area (Å²) in [5, 5.41) is 11.5. The highest BCUT2D eigenvalue weighted by molar-refractivity contribution is 7.99. The van der Waals surface area contributed by atoms with Gasteiger partial charge in [-0.2, -0.15) is 18.4 Å². The molecule has 0 unspecified atom stereocenters. The molecule has 0 bridgehead atoms. The van der Waals surface area contributed by atoms with Crippen molar-refractivity contribution in [2.75, 3.05) is 24.7 Å². The van der Waals surface area contributed by atoms with E-state index in [-0.39, 0.29) is 11.4 Å². The van der Waals surface area contributed by atoms with Crippen LogP contribution in [0.25, 0.3) is 0 Å². The highest BCUT2D eigenvalue weighted by atomic mass is 32.2. The van der Waals surface area contributed by atoms with Gasteiger partial charge in [0, 0.05) is 13.2 Å². The molecule has 146 valence electrons. The van der Waals surface area contributed by atoms with Crippen molar-refractivity contribution >= 4 is 29.3 Å². The summed E-state index contributed by atoms with van der Waals surface area (Å²) in [6.45, 7) is -0.406. The van der Waals surface area contributed by atoms with E-state index >= 15 is 0 Å². The van der Waals surface area contributed by atoms with Gasteiger partial charge < -0.3 is 10.2 Å². The maximum absolute atomic E-state index is 13.0. The van der Waals surface area contributed by atoms with E-state index in [2.05, 4.69) is 10.3 Å². The molecule has 2 amide bonds. The Kier molecular flexibility index (Phi) is 7.00. The van der Waals surface area contributed by atoms with E-state index in [9.17, 15) is 22.8 Å². The Morgan fingerprint density at radius 2 is 2.00 bits per heavy atom. The molecule has 0 radical (unpaired) electrons. The Morgan fingerprint density at radius 3 is 2.68 bits per heavy atom. The van der Waals surface area contributed by atoms with Crippen LogP contribution in [0.15, 0.2) is 47.6 Å². The van der Waals surface area contributed by atoms with Gasteiger partial charge >= 0.3 is 6.18 Å². The summed E-state index contributed by atoms with van der Waals surface area (Å²) in [6.07, 6.45) is -3.16. The van der Waals surface area contributed by atoms with Gasteiger partial charge in [0.25, 0.3) is 0 Å². The number of amides is 2. The summed E-state index contributed by atoms with van der Waals surface area (Å²) < 4.78 is 38.9. The van der Waals surface area contributed by atoms with Crippen LogP contribution in [0.1, 0.15) is 11.1 Å². The molecular formula is C18H15F3N4O2S. The lowest BCUT2D eigenvalue weighted by molar-refractivity contribution is -0.137. The van der Waals surface area contributed by atoms with Gasteiger partial charge in [0.2, 0.25) is 11.8 Å². The van der Waals surface area contributed by atoms with Crippen LogP contribution >= 0.6 is 11.8 Å². The molecule has 0 aliphatic heterocycles. The van der Waals surface area contributed by atoms with Gasteiger partial charge in [0.15, 0.2) is 0 Å². The molecule has 1 N–H and O–H groups in total. The van der Waals surface area contributed by atoms with E-state index in [1.807, 2.05) is 6.07 Å². The van der Waals surface area contributed by atoms with E-state index in [1.165, 1.54) is 37.5 Å². The number of halogens is 3. The highest BCUT2D eigenvalue weighted by Crippen LogP contribution is 2.34. The fourth-order valence-corrected chi connectivity index (χ4v) is 2.97. The molecule has 0 saturated heterocycles. The molecule has 0 atom stereocenters. The third-order valence-electron chi connectivity index (χ3n) is 3.52. The van der Waals surface area contributed by atoms with Crippen molar-refractivity contribution in [1.82, 2.24) is 9.88 Å². The number of nitriles is 1. The smallest absolute Gasteiger partial charge is 0.336 e. The predicted octanol–water partition coefficient (Wildman–Crippen LogP) is 3.16. The number of pyridine rings is 1. The Labute approximate surface area is 163 Å². The molecule has 2 aromatic rings. The van der Waals surface area contributed by atoms with E-state index < -0.39 is 30.1 Å². The SMILES string of the molecule is CN(CC(=O)Nc1ccccc1C(F)(F)F)C(=O)CSc1cc(C#N)ccn1. The Balaban J connectivity index is 1.92. The molecule has 1 heterocycles. The van der Waals surface area contributed by atoms with Crippen molar-refractivity contribution in [2.45, 2.75) is 11.2 Å². The summed E-state index contributed by atoms with van der Waals surface area (Å²) in [5.74, 6) is -1.19. The minimum Gasteiger partial charge on any atom is -0.336 e. The highest BCUT2D eigenvalue weighted by Gasteiger charge is 2.33. The van der Waals surface area contributed by atoms with Gasteiger partial charge in [-0.05, 0) is 24.3 Å². The van der Waals surface area contributed by atoms with E-state index in [0.29, 0.717) is 10.6 Å². The van der Waals surface area contributed by atoms with Crippen LogP contribution in [0.3, 0.4) is 0 Å². The second-order valence-electron chi connectivity index (χ2n) is 5.62. The van der Waals surface area contributed by atoms with Crippen LogP contribution < -0.4 is 5.32 Å². The largest absolute Gasteiger partial charge is 0.418 e. The number of nitrogens with zero attached hydrogens (tertiary/aromatic N) is 3. The van der Waals surface area contributed by atoms with E-state index in [4.69, 9.17) is 5.26 Å². The topological polar surface area (TPSA) is 86.1 Å². The van der Waals surface area contributed by atoms with Crippen molar-refractivity contribution < 1.29 is 22.8 Å². The number of anilines is 1. The van der Waals surface area contributed by atoms with E-state index in [0.717, 1.165) is 28.8 Å². The second-order valence-corrected chi connectivity index (χ2v) is 6.62. The number of rotatable bonds is 6. The Morgan fingerprint density at radius 1 is 1.29 bits per heavy atom. The van der Waals surface area contributed by atoms with Gasteiger partial charge in [0.05, 0.1) is 40.2 Å². The number of nitrogens with one attached hydrogen (secondary N) is 1. The number of benzene rings is 1. The molecule has 0 aliphatic carbocycles. The van der Waals surface area contributed by atoms with Gasteiger partial charge in [-0.25, -0.2) is 4.98 Å². The number of likely N-dealkylation sites (N-methyl/N-ethyl adjacent to an activating group) is 1. The minimum atomic E-state index is -4.60. The average molecular weight is 408 g/mol. The predicted molar refractivity (Wildman–Crippen MR) is 97.4 cm³/mol. The molecule has 10 heteroatoms. The third-order valence-corrected chi connectivity index (χ3v) is 4.43. The fourth-order valence-electron chi connectivity index (χ4n) is 2.14. The molecule has 2 rings (SSSR count). The molecule has 1 aromatic heterocycles. The maximum Gasteiger partial charge on any atom is 0.418 e. The number of alkyl halides is 3. The van der Waals surface area contributed by atoms with Gasteiger partial charge in [-0.1, -0.05) is 23.9 Å². The van der Waals surface area contributed by atoms with Crippen LogP contribution in [-0.4, -0.2) is 41.0 Å². The monoisotopic (exact) mass is 408 g/mol. The Hall–Kier alpha value is -3.06. The van der Waals surface area contributed by atoms with Crippen LogP contribution in [0.5, 0.6) is 0 Å². The number of hydrogen-bond donors (Lipinski definition) is 1. The number of carbonyl (C=O) groups is 2. The summed E-state index contributed by atoms with van der Waals surface area (Å²) in [7, 11) is 1.37. The van der Waals surface area contributed by atoms with Gasteiger partial charge in [-0.3, -0.25) is 9.59 Å². The molecule has 1 aromatic carbocycles. The first-order chi connectivity index (χ1) is 13.2. The normalized spacial score (nSPS) is 10.8. The van der Waals surface area contributed by atoms with Crippen molar-refractivity contribution in [1.29, 1.82) is 5.26 Å².